The number of phenolic OH excluding ortho intramolecular Hbond substituents is 1. The molecular formula is C15H16N2O3. The van der Waals surface area contributed by atoms with Crippen molar-refractivity contribution in [3.8, 4) is 11.6 Å². The third-order valence-corrected chi connectivity index (χ3v) is 2.59. The number of nitrogens with one attached hydrogen (secondary N) is 1. The number of anilines is 1. The number of hydrogen-bond acceptors (Lipinski definition) is 4. The van der Waals surface area contributed by atoms with Crippen LogP contribution in [-0.2, 0) is 11.2 Å². The van der Waals surface area contributed by atoms with Gasteiger partial charge in [-0.1, -0.05) is 12.1 Å². The molecule has 104 valence electrons. The lowest BCUT2D eigenvalue weighted by Gasteiger charge is -2.06. The Bertz CT molecular complexity index is 582. The van der Waals surface area contributed by atoms with E-state index in [1.54, 1.807) is 42.6 Å². The van der Waals surface area contributed by atoms with Crippen molar-refractivity contribution in [1.29, 1.82) is 0 Å². The number of phenols is 1. The Balaban J connectivity index is 1.94. The largest absolute Gasteiger partial charge is 0.508 e. The molecule has 0 fully saturated rings. The van der Waals surface area contributed by atoms with Crippen LogP contribution in [0.5, 0.6) is 11.6 Å². The van der Waals surface area contributed by atoms with Crippen molar-refractivity contribution < 1.29 is 14.6 Å². The van der Waals surface area contributed by atoms with E-state index < -0.39 is 0 Å². The second-order valence-electron chi connectivity index (χ2n) is 4.21. The van der Waals surface area contributed by atoms with Crippen LogP contribution in [0.3, 0.4) is 0 Å². The van der Waals surface area contributed by atoms with Gasteiger partial charge in [0.05, 0.1) is 24.9 Å². The molecule has 0 aliphatic heterocycles. The van der Waals surface area contributed by atoms with Crippen molar-refractivity contribution in [3.05, 3.63) is 48.2 Å². The number of benzene rings is 1. The van der Waals surface area contributed by atoms with Crippen LogP contribution >= 0.6 is 0 Å². The molecule has 1 amide bonds. The third kappa shape index (κ3) is 3.98. The highest BCUT2D eigenvalue weighted by atomic mass is 16.5. The molecule has 2 aromatic rings. The van der Waals surface area contributed by atoms with Crippen molar-refractivity contribution in [2.24, 2.45) is 0 Å². The van der Waals surface area contributed by atoms with Gasteiger partial charge in [-0.15, -0.1) is 0 Å². The number of pyridine rings is 1. The van der Waals surface area contributed by atoms with Crippen molar-refractivity contribution in [1.82, 2.24) is 4.98 Å². The summed E-state index contributed by atoms with van der Waals surface area (Å²) in [4.78, 5) is 15.9. The van der Waals surface area contributed by atoms with Crippen LogP contribution in [0.4, 0.5) is 5.69 Å². The molecule has 0 atom stereocenters. The predicted octanol–water partition coefficient (Wildman–Crippen LogP) is 2.37. The summed E-state index contributed by atoms with van der Waals surface area (Å²) in [5, 5.41) is 12.1. The molecule has 0 aliphatic carbocycles. The van der Waals surface area contributed by atoms with Crippen LogP contribution in [0.1, 0.15) is 12.5 Å². The minimum Gasteiger partial charge on any atom is -0.508 e. The maximum Gasteiger partial charge on any atom is 0.228 e. The summed E-state index contributed by atoms with van der Waals surface area (Å²) in [6.07, 6.45) is 1.74. The van der Waals surface area contributed by atoms with Crippen molar-refractivity contribution >= 4 is 11.6 Å². The van der Waals surface area contributed by atoms with E-state index in [4.69, 9.17) is 4.74 Å². The maximum atomic E-state index is 11.9. The normalized spacial score (nSPS) is 10.1. The Morgan fingerprint density at radius 3 is 2.85 bits per heavy atom. The fourth-order valence-electron chi connectivity index (χ4n) is 1.74. The van der Waals surface area contributed by atoms with Gasteiger partial charge in [0, 0.05) is 6.07 Å². The Labute approximate surface area is 117 Å². The van der Waals surface area contributed by atoms with Gasteiger partial charge < -0.3 is 15.2 Å². The molecule has 5 nitrogen and oxygen atoms in total. The van der Waals surface area contributed by atoms with E-state index in [-0.39, 0.29) is 18.1 Å². The molecule has 20 heavy (non-hydrogen) atoms. The van der Waals surface area contributed by atoms with E-state index in [1.165, 1.54) is 0 Å². The van der Waals surface area contributed by atoms with Crippen LogP contribution in [0.2, 0.25) is 0 Å². The third-order valence-electron chi connectivity index (χ3n) is 2.59. The van der Waals surface area contributed by atoms with E-state index in [9.17, 15) is 9.90 Å². The lowest BCUT2D eigenvalue weighted by atomic mass is 10.1. The average molecular weight is 272 g/mol. The molecule has 0 spiro atoms. The summed E-state index contributed by atoms with van der Waals surface area (Å²) in [5.41, 5.74) is 1.36. The number of ether oxygens (including phenoxy) is 1. The van der Waals surface area contributed by atoms with Gasteiger partial charge in [-0.3, -0.25) is 4.79 Å². The topological polar surface area (TPSA) is 71.5 Å². The van der Waals surface area contributed by atoms with Crippen LogP contribution in [-0.4, -0.2) is 22.6 Å². The summed E-state index contributed by atoms with van der Waals surface area (Å²) in [6, 6.07) is 10.1. The van der Waals surface area contributed by atoms with Gasteiger partial charge in [0.15, 0.2) is 0 Å². The van der Waals surface area contributed by atoms with Crippen LogP contribution in [0.15, 0.2) is 42.6 Å². The Morgan fingerprint density at radius 1 is 1.35 bits per heavy atom. The molecular weight excluding hydrogens is 256 g/mol. The molecule has 0 aliphatic rings. The molecule has 1 aromatic carbocycles. The smallest absolute Gasteiger partial charge is 0.228 e. The molecule has 0 saturated carbocycles. The lowest BCUT2D eigenvalue weighted by Crippen LogP contribution is -2.14. The molecule has 0 bridgehead atoms. The lowest BCUT2D eigenvalue weighted by molar-refractivity contribution is -0.115. The summed E-state index contributed by atoms with van der Waals surface area (Å²) < 4.78 is 5.22. The number of rotatable bonds is 5. The van der Waals surface area contributed by atoms with Crippen LogP contribution in [0, 0.1) is 0 Å². The number of carbonyl (C=O) groups excluding carboxylic acids is 1. The minimum absolute atomic E-state index is 0.151. The number of aromatic nitrogens is 1. The monoisotopic (exact) mass is 272 g/mol. The van der Waals surface area contributed by atoms with Gasteiger partial charge in [-0.25, -0.2) is 4.98 Å². The standard InChI is InChI=1S/C15H16N2O3/c1-2-20-15-7-6-12(10-16-15)17-14(19)9-11-4-3-5-13(18)8-11/h3-8,10,18H,2,9H2,1H3,(H,17,19). The SMILES string of the molecule is CCOc1ccc(NC(=O)Cc2cccc(O)c2)cn1. The second-order valence-corrected chi connectivity index (χ2v) is 4.21. The molecule has 0 unspecified atom stereocenters. The quantitative estimate of drug-likeness (QED) is 0.876. The van der Waals surface area contributed by atoms with E-state index in [1.807, 2.05) is 6.92 Å². The summed E-state index contributed by atoms with van der Waals surface area (Å²) in [6.45, 7) is 2.43. The maximum absolute atomic E-state index is 11.9. The van der Waals surface area contributed by atoms with Crippen LogP contribution < -0.4 is 10.1 Å². The zero-order valence-corrected chi connectivity index (χ0v) is 11.2. The fraction of sp³-hybridized carbons (Fsp3) is 0.200. The number of aromatic hydroxyl groups is 1. The van der Waals surface area contributed by atoms with Gasteiger partial charge in [0.2, 0.25) is 11.8 Å². The minimum atomic E-state index is -0.165. The zero-order chi connectivity index (χ0) is 14.4. The van der Waals surface area contributed by atoms with Gasteiger partial charge in [0.1, 0.15) is 5.75 Å². The van der Waals surface area contributed by atoms with Crippen molar-refractivity contribution in [2.45, 2.75) is 13.3 Å². The molecule has 2 N–H and O–H groups in total. The molecule has 5 heteroatoms. The number of amides is 1. The summed E-state index contributed by atoms with van der Waals surface area (Å²) >= 11 is 0. The molecule has 2 rings (SSSR count). The molecule has 1 aromatic heterocycles. The molecule has 0 saturated heterocycles. The molecule has 0 radical (unpaired) electrons. The van der Waals surface area contributed by atoms with Crippen LogP contribution in [0.25, 0.3) is 0 Å². The van der Waals surface area contributed by atoms with Crippen molar-refractivity contribution in [2.75, 3.05) is 11.9 Å². The van der Waals surface area contributed by atoms with E-state index >= 15 is 0 Å². The van der Waals surface area contributed by atoms with Crippen molar-refractivity contribution in [3.63, 3.8) is 0 Å². The summed E-state index contributed by atoms with van der Waals surface area (Å²) in [7, 11) is 0. The second kappa shape index (κ2) is 6.56. The number of nitrogens with zero attached hydrogens (tertiary/aromatic N) is 1. The zero-order valence-electron chi connectivity index (χ0n) is 11.2. The first-order chi connectivity index (χ1) is 9.67. The van der Waals surface area contributed by atoms with Gasteiger partial charge in [-0.05, 0) is 30.7 Å². The number of hydrogen-bond donors (Lipinski definition) is 2. The molecule has 1 heterocycles. The Kier molecular flexibility index (Phi) is 4.55. The Morgan fingerprint density at radius 2 is 2.20 bits per heavy atom. The van der Waals surface area contributed by atoms with E-state index in [0.717, 1.165) is 5.56 Å². The highest BCUT2D eigenvalue weighted by molar-refractivity contribution is 5.92. The first-order valence-electron chi connectivity index (χ1n) is 6.34. The van der Waals surface area contributed by atoms with E-state index in [2.05, 4.69) is 10.3 Å². The van der Waals surface area contributed by atoms with Gasteiger partial charge >= 0.3 is 0 Å². The Hall–Kier alpha value is -2.56. The first-order valence-corrected chi connectivity index (χ1v) is 6.34. The predicted molar refractivity (Wildman–Crippen MR) is 75.8 cm³/mol. The summed E-state index contributed by atoms with van der Waals surface area (Å²) in [5.74, 6) is 0.512. The van der Waals surface area contributed by atoms with Gasteiger partial charge in [-0.2, -0.15) is 0 Å². The number of carbonyl (C=O) groups is 1. The average Bonchev–Trinajstić information content (AvgIpc) is 2.41. The highest BCUT2D eigenvalue weighted by Gasteiger charge is 2.05. The van der Waals surface area contributed by atoms with E-state index in [0.29, 0.717) is 18.2 Å². The first kappa shape index (κ1) is 13.9. The fourth-order valence-corrected chi connectivity index (χ4v) is 1.74. The highest BCUT2D eigenvalue weighted by Crippen LogP contribution is 2.14. The van der Waals surface area contributed by atoms with Gasteiger partial charge in [0.25, 0.3) is 0 Å².